The normalized spacial score (nSPS) is 25.6. The Morgan fingerprint density at radius 2 is 0.658 bits per heavy atom. The van der Waals surface area contributed by atoms with Gasteiger partial charge in [-0.25, -0.2) is 67.6 Å². The van der Waals surface area contributed by atoms with Gasteiger partial charge in [0.1, 0.15) is 73.9 Å². The Hall–Kier alpha value is -8.79. The second-order valence-corrected chi connectivity index (χ2v) is 33.3. The molecule has 9 rings (SSSR count). The van der Waals surface area contributed by atoms with Gasteiger partial charge < -0.3 is 74.5 Å². The van der Waals surface area contributed by atoms with E-state index in [0.717, 1.165) is 0 Å². The van der Waals surface area contributed by atoms with Crippen molar-refractivity contribution in [1.82, 2.24) is 28.7 Å². The molecule has 3 saturated heterocycles. The number of nitrogens with two attached hydrogens (primary N) is 3. The Labute approximate surface area is 645 Å². The molecule has 4 unspecified atom stereocenters. The van der Waals surface area contributed by atoms with E-state index in [2.05, 4.69) is 15.0 Å². The Balaban J connectivity index is 0.000000237. The third-order valence-corrected chi connectivity index (χ3v) is 23.0. The molecule has 3 aromatic heterocycles. The quantitative estimate of drug-likeness (QED) is 0.00975. The fourth-order valence-corrected chi connectivity index (χ4v) is 16.7. The summed E-state index contributed by atoms with van der Waals surface area (Å²) in [5.74, 6) is -10.4. The molecular weight excluding hydrogens is 1600 g/mol. The second kappa shape index (κ2) is 39.2. The maximum absolute atomic E-state index is 15.5. The zero-order valence-electron chi connectivity index (χ0n) is 62.5. The van der Waals surface area contributed by atoms with Crippen molar-refractivity contribution < 1.29 is 138 Å². The number of hydrogen-bond donors (Lipinski definition) is 6. The van der Waals surface area contributed by atoms with Crippen LogP contribution >= 0.6 is 22.8 Å². The van der Waals surface area contributed by atoms with E-state index in [1.807, 2.05) is 0 Å². The first-order valence-electron chi connectivity index (χ1n) is 34.8. The van der Waals surface area contributed by atoms with Crippen LogP contribution in [0.1, 0.15) is 81.0 Å². The highest BCUT2D eigenvalue weighted by atomic mass is 31.2. The highest BCUT2D eigenvalue weighted by Crippen LogP contribution is 2.55. The van der Waals surface area contributed by atoms with Crippen LogP contribution in [0.3, 0.4) is 0 Å². The molecule has 0 spiro atoms. The molecule has 3 aromatic carbocycles. The molecule has 0 amide bonds. The third-order valence-electron chi connectivity index (χ3n) is 16.9. The molecule has 6 aromatic rings. The van der Waals surface area contributed by atoms with E-state index in [-0.39, 0.29) is 17.2 Å². The fraction of sp³-hybridized carbons (Fsp3) is 0.522. The summed E-state index contributed by atoms with van der Waals surface area (Å²) >= 11 is 0. The molecule has 630 valence electrons. The summed E-state index contributed by atoms with van der Waals surface area (Å²) in [7, 11) is -12.6. The zero-order chi connectivity index (χ0) is 84.8. The molecule has 3 aliphatic heterocycles. The van der Waals surface area contributed by atoms with Crippen molar-refractivity contribution in [2.75, 3.05) is 75.5 Å². The standard InChI is InChI=1S/3C23H29F3N3O8P/c3*1-13(2)35-20(31)14(3)11-38(33,37-15-7-5-4-6-8-15)34-10-17-18(30)23(26,12-24)21(36-17)29-9-16(25)19(27)28-22(29)32/h3*4-9,13-14,17-18,21,30H,10-12H2,1-3H3,(H2,27,28,32)/t14-,17-,18+,21-,23?,38?;14-,17-,18+,21-,23?,38+;14-,17-,18+,21-,23?,38-/m111/s1. The van der Waals surface area contributed by atoms with Gasteiger partial charge in [0.2, 0.25) is 17.0 Å². The number of nitrogen functional groups attached to an aromatic ring is 3. The topological polar surface area (TPSA) is 457 Å². The minimum Gasteiger partial charge on any atom is -0.463 e. The molecule has 18 atom stereocenters. The third kappa shape index (κ3) is 23.1. The first-order valence-corrected chi connectivity index (χ1v) is 40.0. The lowest BCUT2D eigenvalue weighted by Crippen LogP contribution is -2.47. The zero-order valence-corrected chi connectivity index (χ0v) is 65.2. The van der Waals surface area contributed by atoms with Crippen molar-refractivity contribution in [3.8, 4) is 17.2 Å². The van der Waals surface area contributed by atoms with Gasteiger partial charge in [0.05, 0.1) is 93.0 Å². The summed E-state index contributed by atoms with van der Waals surface area (Å²) in [6.45, 7) is 6.24. The fourth-order valence-electron chi connectivity index (χ4n) is 11.1. The molecule has 6 heterocycles. The van der Waals surface area contributed by atoms with E-state index in [0.29, 0.717) is 32.3 Å². The van der Waals surface area contributed by atoms with E-state index >= 15 is 13.2 Å². The number of nitrogens with zero attached hydrogens (tertiary/aromatic N) is 6. The SMILES string of the molecule is CC(C)OC(=O)[C@H](C)CP(=O)(OC[C@H]1O[C@@H](n2cc(F)c(N)nc2=O)C(F)(CF)[C@H]1O)Oc1ccccc1.CC(C)OC(=O)[C@H](C)C[P@@](=O)(OC[C@H]1O[C@@H](n2cc(F)c(N)nc2=O)C(F)(CF)[C@H]1O)Oc1ccccc1.CC(C)OC(=O)[C@H](C)C[P@](=O)(OC[C@H]1O[C@@H](n2cc(F)c(N)nc2=O)C(F)(CF)[C@H]1O)Oc1ccccc1. The van der Waals surface area contributed by atoms with Crippen LogP contribution in [0.15, 0.2) is 124 Å². The van der Waals surface area contributed by atoms with Crippen molar-refractivity contribution in [3.05, 3.63) is 158 Å². The highest BCUT2D eigenvalue weighted by molar-refractivity contribution is 7.55. The summed E-state index contributed by atoms with van der Waals surface area (Å²) in [5.41, 5.74) is 2.27. The lowest BCUT2D eigenvalue weighted by molar-refractivity contribution is -0.152. The Morgan fingerprint density at radius 1 is 0.439 bits per heavy atom. The minimum absolute atomic E-state index is 0.129. The maximum Gasteiger partial charge on any atom is 0.380 e. The molecule has 3 aliphatic rings. The lowest BCUT2D eigenvalue weighted by Gasteiger charge is -2.26. The number of benzene rings is 3. The van der Waals surface area contributed by atoms with Gasteiger partial charge in [-0.3, -0.25) is 41.7 Å². The number of para-hydroxylation sites is 3. The first kappa shape index (κ1) is 92.4. The van der Waals surface area contributed by atoms with Crippen LogP contribution in [-0.4, -0.2) is 192 Å². The summed E-state index contributed by atoms with van der Waals surface area (Å²) in [5, 5.41) is 31.6. The predicted octanol–water partition coefficient (Wildman–Crippen LogP) is 8.33. The Morgan fingerprint density at radius 3 is 0.860 bits per heavy atom. The Bertz CT molecular complexity index is 4150. The lowest BCUT2D eigenvalue weighted by atomic mass is 9.97. The first-order chi connectivity index (χ1) is 53.4. The number of aliphatic hydroxyl groups is 3. The minimum atomic E-state index is -4.21. The number of hydrogen-bond acceptors (Lipinski definition) is 30. The predicted molar refractivity (Wildman–Crippen MR) is 385 cm³/mol. The molecule has 3 fully saturated rings. The van der Waals surface area contributed by atoms with Gasteiger partial charge in [0.15, 0.2) is 53.6 Å². The molecule has 114 heavy (non-hydrogen) atoms. The number of carbonyl (C=O) groups excluding carboxylic acids is 3. The molecular formula is C69H87F9N9O24P3. The number of rotatable bonds is 33. The van der Waals surface area contributed by atoms with E-state index < -0.39 is 259 Å². The smallest absolute Gasteiger partial charge is 0.380 e. The van der Waals surface area contributed by atoms with Crippen molar-refractivity contribution in [3.63, 3.8) is 0 Å². The average molecular weight is 1690 g/mol. The number of alkyl halides is 6. The average Bonchev–Trinajstić information content (AvgIpc) is 1.62. The molecule has 45 heteroatoms. The van der Waals surface area contributed by atoms with Gasteiger partial charge in [0, 0.05) is 0 Å². The van der Waals surface area contributed by atoms with Gasteiger partial charge in [-0.1, -0.05) is 75.4 Å². The number of carbonyl (C=O) groups is 3. The molecule has 0 saturated carbocycles. The largest absolute Gasteiger partial charge is 0.463 e. The Kier molecular flexibility index (Phi) is 31.8. The van der Waals surface area contributed by atoms with Crippen molar-refractivity contribution >= 4 is 58.1 Å². The van der Waals surface area contributed by atoms with Crippen LogP contribution in [0.5, 0.6) is 17.2 Å². The van der Waals surface area contributed by atoms with Gasteiger partial charge in [-0.05, 0) is 77.9 Å². The van der Waals surface area contributed by atoms with Crippen LogP contribution in [-0.2, 0) is 70.1 Å². The summed E-state index contributed by atoms with van der Waals surface area (Å²) in [6, 6.07) is 23.5. The number of anilines is 3. The molecule has 9 N–H and O–H groups in total. The number of esters is 3. The van der Waals surface area contributed by atoms with Crippen LogP contribution < -0.4 is 47.8 Å². The van der Waals surface area contributed by atoms with E-state index in [9.17, 15) is 84.1 Å². The van der Waals surface area contributed by atoms with Crippen LogP contribution in [0, 0.1) is 35.2 Å². The number of aliphatic hydroxyl groups excluding tert-OH is 3. The van der Waals surface area contributed by atoms with Gasteiger partial charge in [-0.2, -0.15) is 15.0 Å². The van der Waals surface area contributed by atoms with Crippen LogP contribution in [0.4, 0.5) is 57.0 Å². The summed E-state index contributed by atoms with van der Waals surface area (Å²) in [4.78, 5) is 83.1. The number of ether oxygens (including phenoxy) is 6. The molecule has 33 nitrogen and oxygen atoms in total. The van der Waals surface area contributed by atoms with Crippen molar-refractivity contribution in [2.45, 2.75) is 153 Å². The molecule has 0 bridgehead atoms. The second-order valence-electron chi connectivity index (χ2n) is 27.2. The molecule has 0 radical (unpaired) electrons. The highest BCUT2D eigenvalue weighted by Gasteiger charge is 2.62. The monoisotopic (exact) mass is 1690 g/mol. The molecule has 0 aliphatic carbocycles. The van der Waals surface area contributed by atoms with Crippen molar-refractivity contribution in [1.29, 1.82) is 0 Å². The van der Waals surface area contributed by atoms with Gasteiger partial charge in [-0.15, -0.1) is 0 Å². The van der Waals surface area contributed by atoms with Crippen molar-refractivity contribution in [2.24, 2.45) is 17.8 Å². The number of aromatic nitrogens is 6. The number of halogens is 9. The van der Waals surface area contributed by atoms with E-state index in [4.69, 9.17) is 72.8 Å². The van der Waals surface area contributed by atoms with E-state index in [1.54, 1.807) is 96.1 Å². The summed E-state index contributed by atoms with van der Waals surface area (Å²) < 4.78 is 236. The van der Waals surface area contributed by atoms with Crippen LogP contribution in [0.25, 0.3) is 0 Å². The summed E-state index contributed by atoms with van der Waals surface area (Å²) in [6.07, 6.45) is -19.5. The van der Waals surface area contributed by atoms with Gasteiger partial charge in [0.25, 0.3) is 0 Å². The van der Waals surface area contributed by atoms with E-state index in [1.165, 1.54) is 57.2 Å². The van der Waals surface area contributed by atoms with Crippen LogP contribution in [0.2, 0.25) is 0 Å². The maximum atomic E-state index is 15.5. The van der Waals surface area contributed by atoms with Gasteiger partial charge >= 0.3 is 57.8 Å².